The maximum absolute atomic E-state index is 13.1. The number of nitrogens with one attached hydrogen (secondary N) is 1. The van der Waals surface area contributed by atoms with Crippen molar-refractivity contribution in [3.05, 3.63) is 64.7 Å². The first kappa shape index (κ1) is 21.5. The summed E-state index contributed by atoms with van der Waals surface area (Å²) in [6.07, 6.45) is 3.53. The number of hydrogen-bond acceptors (Lipinski definition) is 3. The van der Waals surface area contributed by atoms with Gasteiger partial charge in [0.2, 0.25) is 10.0 Å². The van der Waals surface area contributed by atoms with Gasteiger partial charge >= 0.3 is 0 Å². The number of rotatable bonds is 6. The average molecular weight is 415 g/mol. The van der Waals surface area contributed by atoms with E-state index in [9.17, 15) is 13.2 Å². The van der Waals surface area contributed by atoms with Gasteiger partial charge in [-0.05, 0) is 63.3 Å². The Hall–Kier alpha value is -2.18. The number of piperidine rings is 1. The zero-order valence-corrected chi connectivity index (χ0v) is 18.3. The van der Waals surface area contributed by atoms with Crippen molar-refractivity contribution < 1.29 is 13.2 Å². The van der Waals surface area contributed by atoms with E-state index in [-0.39, 0.29) is 16.8 Å². The molecule has 1 aliphatic heterocycles. The molecule has 29 heavy (non-hydrogen) atoms. The molecule has 0 bridgehead atoms. The third-order valence-corrected chi connectivity index (χ3v) is 7.59. The number of aryl methyl sites for hydroxylation is 2. The number of carbonyl (C=O) groups excluding carboxylic acids is 1. The number of nitrogens with zero attached hydrogens (tertiary/aromatic N) is 1. The summed E-state index contributed by atoms with van der Waals surface area (Å²) in [6, 6.07) is 13.0. The van der Waals surface area contributed by atoms with E-state index in [2.05, 4.69) is 11.4 Å². The number of sulfonamides is 1. The predicted octanol–water partition coefficient (Wildman–Crippen LogP) is 3.84. The van der Waals surface area contributed by atoms with E-state index in [0.29, 0.717) is 18.7 Å². The van der Waals surface area contributed by atoms with Gasteiger partial charge in [-0.3, -0.25) is 4.79 Å². The first-order valence-electron chi connectivity index (χ1n) is 10.3. The summed E-state index contributed by atoms with van der Waals surface area (Å²) >= 11 is 0. The summed E-state index contributed by atoms with van der Waals surface area (Å²) in [5, 5.41) is 2.93. The van der Waals surface area contributed by atoms with Crippen LogP contribution in [-0.4, -0.2) is 37.8 Å². The Morgan fingerprint density at radius 2 is 1.93 bits per heavy atom. The van der Waals surface area contributed by atoms with E-state index < -0.39 is 10.0 Å². The third-order valence-electron chi connectivity index (χ3n) is 5.58. The van der Waals surface area contributed by atoms with Crippen LogP contribution in [0.4, 0.5) is 0 Å². The number of hydrogen-bond donors (Lipinski definition) is 1. The molecule has 0 aliphatic carbocycles. The number of carbonyl (C=O) groups is 1. The smallest absolute Gasteiger partial charge is 0.251 e. The lowest BCUT2D eigenvalue weighted by molar-refractivity contribution is 0.0953. The Kier molecular flexibility index (Phi) is 6.75. The molecular weight excluding hydrogens is 384 g/mol. The van der Waals surface area contributed by atoms with Gasteiger partial charge in [0.1, 0.15) is 0 Å². The van der Waals surface area contributed by atoms with E-state index in [4.69, 9.17) is 0 Å². The SMILES string of the molecule is Cc1cccc(CCNC(=O)c2cc(S(=O)(=O)N3CCCCC3C)ccc2C)c1. The molecular formula is C23H30N2O3S. The van der Waals surface area contributed by atoms with Gasteiger partial charge in [0.25, 0.3) is 5.91 Å². The zero-order chi connectivity index (χ0) is 21.0. The van der Waals surface area contributed by atoms with Crippen LogP contribution in [0.25, 0.3) is 0 Å². The largest absolute Gasteiger partial charge is 0.352 e. The van der Waals surface area contributed by atoms with Crippen molar-refractivity contribution in [3.63, 3.8) is 0 Å². The second-order valence-corrected chi connectivity index (χ2v) is 9.82. The number of amides is 1. The highest BCUT2D eigenvalue weighted by Gasteiger charge is 2.31. The van der Waals surface area contributed by atoms with Gasteiger partial charge in [0.05, 0.1) is 4.90 Å². The summed E-state index contributed by atoms with van der Waals surface area (Å²) in [5.41, 5.74) is 3.54. The molecule has 1 atom stereocenters. The summed E-state index contributed by atoms with van der Waals surface area (Å²) in [4.78, 5) is 12.9. The Labute approximate surface area is 174 Å². The second-order valence-electron chi connectivity index (χ2n) is 7.93. The zero-order valence-electron chi connectivity index (χ0n) is 17.4. The minimum absolute atomic E-state index is 0.0124. The Morgan fingerprint density at radius 1 is 1.14 bits per heavy atom. The van der Waals surface area contributed by atoms with E-state index in [1.807, 2.05) is 39.0 Å². The standard InChI is InChI=1S/C23H30N2O3S/c1-17-7-6-9-20(15-17)12-13-24-23(26)22-16-21(11-10-18(22)2)29(27,28)25-14-5-4-8-19(25)3/h6-7,9-11,15-16,19H,4-5,8,12-14H2,1-3H3,(H,24,26). The van der Waals surface area contributed by atoms with Crippen LogP contribution in [0.2, 0.25) is 0 Å². The molecule has 1 amide bonds. The molecule has 1 heterocycles. The van der Waals surface area contributed by atoms with Gasteiger partial charge in [-0.25, -0.2) is 8.42 Å². The van der Waals surface area contributed by atoms with Crippen molar-refractivity contribution >= 4 is 15.9 Å². The first-order valence-corrected chi connectivity index (χ1v) is 11.7. The van der Waals surface area contributed by atoms with Crippen LogP contribution in [0, 0.1) is 13.8 Å². The number of benzene rings is 2. The Morgan fingerprint density at radius 3 is 2.66 bits per heavy atom. The molecule has 3 rings (SSSR count). The molecule has 0 aromatic heterocycles. The van der Waals surface area contributed by atoms with E-state index in [0.717, 1.165) is 36.8 Å². The summed E-state index contributed by atoms with van der Waals surface area (Å²) in [7, 11) is -3.60. The van der Waals surface area contributed by atoms with Crippen molar-refractivity contribution in [1.29, 1.82) is 0 Å². The molecule has 6 heteroatoms. The van der Waals surface area contributed by atoms with Gasteiger partial charge in [-0.2, -0.15) is 4.31 Å². The quantitative estimate of drug-likeness (QED) is 0.781. The second kappa shape index (κ2) is 9.09. The Bertz CT molecular complexity index is 985. The van der Waals surface area contributed by atoms with Gasteiger partial charge in [0, 0.05) is 24.7 Å². The predicted molar refractivity (Wildman–Crippen MR) is 116 cm³/mol. The molecule has 1 N–H and O–H groups in total. The monoisotopic (exact) mass is 414 g/mol. The molecule has 1 fully saturated rings. The van der Waals surface area contributed by atoms with Gasteiger partial charge in [-0.1, -0.05) is 42.3 Å². The lowest BCUT2D eigenvalue weighted by Gasteiger charge is -2.32. The third kappa shape index (κ3) is 5.06. The Balaban J connectivity index is 1.73. The minimum atomic E-state index is -3.60. The fourth-order valence-corrected chi connectivity index (χ4v) is 5.58. The van der Waals surface area contributed by atoms with Crippen LogP contribution < -0.4 is 5.32 Å². The van der Waals surface area contributed by atoms with Crippen LogP contribution in [0.3, 0.4) is 0 Å². The highest BCUT2D eigenvalue weighted by Crippen LogP contribution is 2.26. The van der Waals surface area contributed by atoms with Crippen molar-refractivity contribution in [2.75, 3.05) is 13.1 Å². The van der Waals surface area contributed by atoms with Crippen molar-refractivity contribution in [3.8, 4) is 0 Å². The van der Waals surface area contributed by atoms with Crippen LogP contribution in [0.1, 0.15) is 53.2 Å². The molecule has 1 aliphatic rings. The highest BCUT2D eigenvalue weighted by molar-refractivity contribution is 7.89. The molecule has 5 nitrogen and oxygen atoms in total. The molecule has 2 aromatic rings. The molecule has 156 valence electrons. The van der Waals surface area contributed by atoms with Crippen LogP contribution >= 0.6 is 0 Å². The summed E-state index contributed by atoms with van der Waals surface area (Å²) in [6.45, 7) is 6.86. The maximum atomic E-state index is 13.1. The van der Waals surface area contributed by atoms with E-state index >= 15 is 0 Å². The topological polar surface area (TPSA) is 66.5 Å². The lowest BCUT2D eigenvalue weighted by Crippen LogP contribution is -2.42. The normalized spacial score (nSPS) is 17.8. The van der Waals surface area contributed by atoms with Crippen molar-refractivity contribution in [2.45, 2.75) is 57.4 Å². The molecule has 1 saturated heterocycles. The lowest BCUT2D eigenvalue weighted by atomic mass is 10.1. The fraction of sp³-hybridized carbons (Fsp3) is 0.435. The molecule has 0 spiro atoms. The van der Waals surface area contributed by atoms with Crippen molar-refractivity contribution in [2.24, 2.45) is 0 Å². The van der Waals surface area contributed by atoms with Crippen LogP contribution in [-0.2, 0) is 16.4 Å². The summed E-state index contributed by atoms with van der Waals surface area (Å²) in [5.74, 6) is -0.237. The molecule has 2 aromatic carbocycles. The fourth-order valence-electron chi connectivity index (χ4n) is 3.85. The highest BCUT2D eigenvalue weighted by atomic mass is 32.2. The maximum Gasteiger partial charge on any atom is 0.251 e. The van der Waals surface area contributed by atoms with E-state index in [1.54, 1.807) is 16.4 Å². The summed E-state index contributed by atoms with van der Waals surface area (Å²) < 4.78 is 27.8. The van der Waals surface area contributed by atoms with Gasteiger partial charge in [0.15, 0.2) is 0 Å². The molecule has 0 saturated carbocycles. The average Bonchev–Trinajstić information content (AvgIpc) is 2.68. The van der Waals surface area contributed by atoms with Gasteiger partial charge < -0.3 is 5.32 Å². The minimum Gasteiger partial charge on any atom is -0.352 e. The molecule has 1 unspecified atom stereocenters. The first-order chi connectivity index (χ1) is 13.8. The molecule has 0 radical (unpaired) electrons. The van der Waals surface area contributed by atoms with Gasteiger partial charge in [-0.15, -0.1) is 0 Å². The van der Waals surface area contributed by atoms with E-state index in [1.165, 1.54) is 11.6 Å². The van der Waals surface area contributed by atoms with Crippen LogP contribution in [0.5, 0.6) is 0 Å². The van der Waals surface area contributed by atoms with Crippen molar-refractivity contribution in [1.82, 2.24) is 9.62 Å². The van der Waals surface area contributed by atoms with Crippen LogP contribution in [0.15, 0.2) is 47.4 Å².